The predicted octanol–water partition coefficient (Wildman–Crippen LogP) is 10.5. The SMILES string of the molecule is CCCCCCCCCCCCCCCCCC(=O)OC[N+]1(C)CC2c3ccccc3Oc3ccc(Cl)cc3C2C1. The number of likely N-dealkylation sites (N-methyl/N-ethyl adjacent to an activating group) is 1. The number of quaternary nitrogens is 1. The number of halogens is 1. The van der Waals surface area contributed by atoms with E-state index >= 15 is 0 Å². The van der Waals surface area contributed by atoms with Crippen LogP contribution in [-0.4, -0.2) is 37.3 Å². The number of esters is 1. The maximum absolute atomic E-state index is 12.6. The van der Waals surface area contributed by atoms with Crippen LogP contribution in [0, 0.1) is 0 Å². The monoisotopic (exact) mass is 582 g/mol. The highest BCUT2D eigenvalue weighted by molar-refractivity contribution is 6.30. The van der Waals surface area contributed by atoms with Crippen molar-refractivity contribution in [2.45, 2.75) is 121 Å². The molecule has 5 heteroatoms. The van der Waals surface area contributed by atoms with Gasteiger partial charge < -0.3 is 9.47 Å². The van der Waals surface area contributed by atoms with E-state index in [1.165, 1.54) is 89.0 Å². The number of ether oxygens (including phenoxy) is 2. The Morgan fingerprint density at radius 3 is 1.95 bits per heavy atom. The van der Waals surface area contributed by atoms with Gasteiger partial charge in [0.25, 0.3) is 0 Å². The number of para-hydroxylation sites is 1. The van der Waals surface area contributed by atoms with E-state index in [2.05, 4.69) is 38.2 Å². The Hall–Kier alpha value is -2.04. The Morgan fingerprint density at radius 2 is 1.32 bits per heavy atom. The van der Waals surface area contributed by atoms with Crippen LogP contribution in [0.4, 0.5) is 0 Å². The standard InChI is InChI=1S/C36H53ClNO3/c1-3-4-5-6-7-8-9-10-11-12-13-14-15-16-17-22-36(39)40-28-38(2)26-32-30-20-18-19-21-34(30)41-35-24-23-29(37)25-31(35)33(32)27-38/h18-21,23-25,32-33H,3-17,22,26-28H2,1-2H3/q+1. The molecule has 3 atom stereocenters. The summed E-state index contributed by atoms with van der Waals surface area (Å²) < 4.78 is 12.9. The van der Waals surface area contributed by atoms with Gasteiger partial charge in [-0.15, -0.1) is 0 Å². The zero-order valence-corrected chi connectivity index (χ0v) is 26.4. The summed E-state index contributed by atoms with van der Waals surface area (Å²) in [4.78, 5) is 12.6. The number of fused-ring (bicyclic) bond motifs is 5. The third-order valence-electron chi connectivity index (χ3n) is 9.19. The van der Waals surface area contributed by atoms with Crippen LogP contribution in [0.1, 0.15) is 133 Å². The van der Waals surface area contributed by atoms with Gasteiger partial charge in [0.1, 0.15) is 11.5 Å². The summed E-state index contributed by atoms with van der Waals surface area (Å²) in [7, 11) is 2.21. The van der Waals surface area contributed by atoms with E-state index in [4.69, 9.17) is 21.1 Å². The molecule has 0 aliphatic carbocycles. The zero-order chi connectivity index (χ0) is 28.9. The summed E-state index contributed by atoms with van der Waals surface area (Å²) in [6.45, 7) is 4.50. The maximum atomic E-state index is 12.6. The Morgan fingerprint density at radius 1 is 0.780 bits per heavy atom. The van der Waals surface area contributed by atoms with E-state index in [-0.39, 0.29) is 11.9 Å². The van der Waals surface area contributed by atoms with Crippen LogP contribution < -0.4 is 4.74 Å². The van der Waals surface area contributed by atoms with Crippen LogP contribution in [0.2, 0.25) is 5.02 Å². The van der Waals surface area contributed by atoms with Crippen LogP contribution in [0.3, 0.4) is 0 Å². The Bertz CT molecular complexity index is 1090. The normalized spacial score (nSPS) is 21.0. The van der Waals surface area contributed by atoms with Crippen molar-refractivity contribution < 1.29 is 18.8 Å². The molecule has 0 N–H and O–H groups in total. The fourth-order valence-corrected chi connectivity index (χ4v) is 7.04. The van der Waals surface area contributed by atoms with Gasteiger partial charge in [-0.05, 0) is 30.7 Å². The van der Waals surface area contributed by atoms with Gasteiger partial charge in [0.15, 0.2) is 0 Å². The molecule has 0 amide bonds. The number of likely N-dealkylation sites (tertiary alicyclic amines) is 1. The molecule has 0 bridgehead atoms. The minimum absolute atomic E-state index is 0.0571. The smallest absolute Gasteiger partial charge is 0.310 e. The van der Waals surface area contributed by atoms with Gasteiger partial charge in [-0.3, -0.25) is 9.28 Å². The molecular weight excluding hydrogens is 530 g/mol. The molecule has 0 radical (unpaired) electrons. The summed E-state index contributed by atoms with van der Waals surface area (Å²) in [5, 5.41) is 0.730. The topological polar surface area (TPSA) is 35.5 Å². The maximum Gasteiger partial charge on any atom is 0.310 e. The zero-order valence-electron chi connectivity index (χ0n) is 25.7. The molecule has 2 heterocycles. The van der Waals surface area contributed by atoms with Gasteiger partial charge in [0.05, 0.1) is 20.1 Å². The van der Waals surface area contributed by atoms with Crippen molar-refractivity contribution in [3.63, 3.8) is 0 Å². The van der Waals surface area contributed by atoms with Crippen LogP contribution in [-0.2, 0) is 9.53 Å². The fourth-order valence-electron chi connectivity index (χ4n) is 6.86. The first kappa shape index (κ1) is 31.9. The van der Waals surface area contributed by atoms with E-state index in [1.54, 1.807) is 0 Å². The number of unbranched alkanes of at least 4 members (excludes halogenated alkanes) is 14. The molecule has 2 aromatic carbocycles. The van der Waals surface area contributed by atoms with E-state index in [1.807, 2.05) is 18.2 Å². The molecule has 2 aliphatic rings. The molecule has 0 saturated carbocycles. The van der Waals surface area contributed by atoms with Gasteiger partial charge in [-0.2, -0.15) is 0 Å². The Labute approximate surface area is 254 Å². The first-order valence-corrected chi connectivity index (χ1v) is 16.9. The van der Waals surface area contributed by atoms with Crippen molar-refractivity contribution in [2.24, 2.45) is 0 Å². The first-order chi connectivity index (χ1) is 20.0. The molecule has 0 aromatic heterocycles. The van der Waals surface area contributed by atoms with Gasteiger partial charge in [0.2, 0.25) is 6.73 Å². The summed E-state index contributed by atoms with van der Waals surface area (Å²) in [6, 6.07) is 14.3. The fraction of sp³-hybridized carbons (Fsp3) is 0.639. The van der Waals surface area contributed by atoms with Gasteiger partial charge in [-0.1, -0.05) is 127 Å². The molecule has 226 valence electrons. The molecule has 2 aliphatic heterocycles. The lowest BCUT2D eigenvalue weighted by molar-refractivity contribution is -0.915. The van der Waals surface area contributed by atoms with E-state index in [0.717, 1.165) is 48.0 Å². The second-order valence-corrected chi connectivity index (χ2v) is 13.3. The minimum Gasteiger partial charge on any atom is -0.457 e. The second-order valence-electron chi connectivity index (χ2n) is 12.9. The highest BCUT2D eigenvalue weighted by atomic mass is 35.5. The second kappa shape index (κ2) is 16.6. The van der Waals surface area contributed by atoms with Crippen molar-refractivity contribution in [3.8, 4) is 11.5 Å². The lowest BCUT2D eigenvalue weighted by Gasteiger charge is -2.29. The summed E-state index contributed by atoms with van der Waals surface area (Å²) >= 11 is 6.41. The van der Waals surface area contributed by atoms with Crippen molar-refractivity contribution in [1.82, 2.24) is 0 Å². The molecule has 3 unspecified atom stereocenters. The van der Waals surface area contributed by atoms with Gasteiger partial charge in [0, 0.05) is 34.4 Å². The quantitative estimate of drug-likeness (QED) is 0.0996. The molecular formula is C36H53ClNO3+. The predicted molar refractivity (Wildman–Crippen MR) is 170 cm³/mol. The number of carbonyl (C=O) groups is 1. The highest BCUT2D eigenvalue weighted by Crippen LogP contribution is 2.51. The van der Waals surface area contributed by atoms with Gasteiger partial charge >= 0.3 is 5.97 Å². The van der Waals surface area contributed by atoms with Crippen LogP contribution in [0.25, 0.3) is 0 Å². The number of nitrogens with zero attached hydrogens (tertiary/aromatic N) is 1. The lowest BCUT2D eigenvalue weighted by Crippen LogP contribution is -2.44. The Kier molecular flexibility index (Phi) is 12.9. The molecule has 4 rings (SSSR count). The minimum atomic E-state index is -0.0571. The van der Waals surface area contributed by atoms with Crippen molar-refractivity contribution in [1.29, 1.82) is 0 Å². The van der Waals surface area contributed by atoms with Crippen molar-refractivity contribution in [2.75, 3.05) is 26.9 Å². The molecule has 1 fully saturated rings. The number of benzene rings is 2. The number of hydrogen-bond donors (Lipinski definition) is 0. The Balaban J connectivity index is 1.11. The van der Waals surface area contributed by atoms with Crippen molar-refractivity contribution >= 4 is 17.6 Å². The van der Waals surface area contributed by atoms with Gasteiger partial charge in [-0.25, -0.2) is 0 Å². The average molecular weight is 583 g/mol. The van der Waals surface area contributed by atoms with Crippen LogP contribution in [0.15, 0.2) is 42.5 Å². The summed E-state index contributed by atoms with van der Waals surface area (Å²) in [6.07, 6.45) is 20.4. The number of hydrogen-bond acceptors (Lipinski definition) is 3. The molecule has 1 saturated heterocycles. The lowest BCUT2D eigenvalue weighted by atomic mass is 9.84. The molecule has 41 heavy (non-hydrogen) atoms. The van der Waals surface area contributed by atoms with Crippen LogP contribution in [0.5, 0.6) is 11.5 Å². The first-order valence-electron chi connectivity index (χ1n) is 16.5. The average Bonchev–Trinajstić information content (AvgIpc) is 3.27. The van der Waals surface area contributed by atoms with E-state index < -0.39 is 0 Å². The molecule has 0 spiro atoms. The number of rotatable bonds is 18. The summed E-state index contributed by atoms with van der Waals surface area (Å²) in [5.41, 5.74) is 2.39. The largest absolute Gasteiger partial charge is 0.457 e. The molecule has 4 nitrogen and oxygen atoms in total. The number of carbonyl (C=O) groups excluding carboxylic acids is 1. The van der Waals surface area contributed by atoms with E-state index in [0.29, 0.717) is 23.6 Å². The third kappa shape index (κ3) is 9.75. The third-order valence-corrected chi connectivity index (χ3v) is 9.43. The summed E-state index contributed by atoms with van der Waals surface area (Å²) in [5.74, 6) is 2.31. The van der Waals surface area contributed by atoms with Crippen LogP contribution >= 0.6 is 11.6 Å². The van der Waals surface area contributed by atoms with E-state index in [9.17, 15) is 4.79 Å². The highest BCUT2D eigenvalue weighted by Gasteiger charge is 2.48. The molecule has 2 aromatic rings. The van der Waals surface area contributed by atoms with Crippen molar-refractivity contribution in [3.05, 3.63) is 58.6 Å².